The van der Waals surface area contributed by atoms with Crippen molar-refractivity contribution < 1.29 is 4.42 Å². The lowest BCUT2D eigenvalue weighted by Gasteiger charge is -2.12. The molecule has 0 aliphatic rings. The summed E-state index contributed by atoms with van der Waals surface area (Å²) in [6.07, 6.45) is 5.14. The van der Waals surface area contributed by atoms with Crippen molar-refractivity contribution in [1.29, 1.82) is 0 Å². The standard InChI is InChI=1S/C13H24N2O/c1-3-4-5-6-11(2)15-10-13-8-7-12(9-14)16-13/h7-8,11,15H,3-6,9-10,14H2,1-2H3. The van der Waals surface area contributed by atoms with Crippen LogP contribution in [-0.2, 0) is 13.1 Å². The highest BCUT2D eigenvalue weighted by molar-refractivity contribution is 5.06. The van der Waals surface area contributed by atoms with Crippen LogP contribution in [0.4, 0.5) is 0 Å². The maximum Gasteiger partial charge on any atom is 0.118 e. The zero-order chi connectivity index (χ0) is 11.8. The zero-order valence-electron chi connectivity index (χ0n) is 10.5. The minimum Gasteiger partial charge on any atom is -0.463 e. The van der Waals surface area contributed by atoms with E-state index in [2.05, 4.69) is 19.2 Å². The van der Waals surface area contributed by atoms with E-state index in [0.717, 1.165) is 18.1 Å². The maximum absolute atomic E-state index is 5.52. The number of rotatable bonds is 8. The van der Waals surface area contributed by atoms with E-state index < -0.39 is 0 Å². The molecule has 1 rings (SSSR count). The largest absolute Gasteiger partial charge is 0.463 e. The van der Waals surface area contributed by atoms with Crippen LogP contribution in [0.25, 0.3) is 0 Å². The predicted molar refractivity (Wildman–Crippen MR) is 67.0 cm³/mol. The summed E-state index contributed by atoms with van der Waals surface area (Å²) in [4.78, 5) is 0. The first-order chi connectivity index (χ1) is 7.76. The Kier molecular flexibility index (Phi) is 6.19. The second-order valence-corrected chi connectivity index (χ2v) is 4.35. The summed E-state index contributed by atoms with van der Waals surface area (Å²) >= 11 is 0. The van der Waals surface area contributed by atoms with Gasteiger partial charge in [0.25, 0.3) is 0 Å². The van der Waals surface area contributed by atoms with E-state index in [1.165, 1.54) is 25.7 Å². The van der Waals surface area contributed by atoms with Crippen LogP contribution in [0.3, 0.4) is 0 Å². The number of furan rings is 1. The van der Waals surface area contributed by atoms with Crippen LogP contribution in [0.1, 0.15) is 51.1 Å². The van der Waals surface area contributed by atoms with E-state index in [0.29, 0.717) is 12.6 Å². The number of unbranched alkanes of at least 4 members (excludes halogenated alkanes) is 2. The van der Waals surface area contributed by atoms with Gasteiger partial charge in [0.15, 0.2) is 0 Å². The molecule has 0 saturated heterocycles. The van der Waals surface area contributed by atoms with Gasteiger partial charge < -0.3 is 15.5 Å². The topological polar surface area (TPSA) is 51.2 Å². The lowest BCUT2D eigenvalue weighted by Crippen LogP contribution is -2.25. The Morgan fingerprint density at radius 2 is 2.06 bits per heavy atom. The van der Waals surface area contributed by atoms with E-state index in [4.69, 9.17) is 10.2 Å². The SMILES string of the molecule is CCCCCC(C)NCc1ccc(CN)o1. The molecule has 92 valence electrons. The Labute approximate surface area is 98.4 Å². The van der Waals surface area contributed by atoms with Crippen molar-refractivity contribution in [3.05, 3.63) is 23.7 Å². The molecule has 1 aromatic rings. The van der Waals surface area contributed by atoms with Crippen LogP contribution in [0, 0.1) is 0 Å². The first kappa shape index (κ1) is 13.3. The molecule has 3 heteroatoms. The molecule has 0 aliphatic heterocycles. The Morgan fingerprint density at radius 1 is 1.31 bits per heavy atom. The van der Waals surface area contributed by atoms with Crippen LogP contribution < -0.4 is 11.1 Å². The third-order valence-corrected chi connectivity index (χ3v) is 2.78. The van der Waals surface area contributed by atoms with Gasteiger partial charge in [-0.05, 0) is 25.5 Å². The van der Waals surface area contributed by atoms with Crippen LogP contribution in [-0.4, -0.2) is 6.04 Å². The Morgan fingerprint density at radius 3 is 2.69 bits per heavy atom. The third-order valence-electron chi connectivity index (χ3n) is 2.78. The van der Waals surface area contributed by atoms with Crippen LogP contribution >= 0.6 is 0 Å². The summed E-state index contributed by atoms with van der Waals surface area (Å²) in [5, 5.41) is 3.46. The smallest absolute Gasteiger partial charge is 0.118 e. The summed E-state index contributed by atoms with van der Waals surface area (Å²) in [5.41, 5.74) is 5.49. The van der Waals surface area contributed by atoms with Crippen molar-refractivity contribution in [3.63, 3.8) is 0 Å². The van der Waals surface area contributed by atoms with E-state index in [1.54, 1.807) is 0 Å². The maximum atomic E-state index is 5.52. The summed E-state index contributed by atoms with van der Waals surface area (Å²) in [6.45, 7) is 5.73. The van der Waals surface area contributed by atoms with Gasteiger partial charge in [0.1, 0.15) is 11.5 Å². The highest BCUT2D eigenvalue weighted by atomic mass is 16.3. The quantitative estimate of drug-likeness (QED) is 0.668. The fourth-order valence-corrected chi connectivity index (χ4v) is 1.70. The summed E-state index contributed by atoms with van der Waals surface area (Å²) < 4.78 is 5.52. The molecule has 0 bridgehead atoms. The number of nitrogens with two attached hydrogens (primary N) is 1. The normalized spacial score (nSPS) is 12.9. The highest BCUT2D eigenvalue weighted by Crippen LogP contribution is 2.08. The molecule has 3 N–H and O–H groups in total. The van der Waals surface area contributed by atoms with E-state index in [9.17, 15) is 0 Å². The van der Waals surface area contributed by atoms with Gasteiger partial charge in [-0.2, -0.15) is 0 Å². The second-order valence-electron chi connectivity index (χ2n) is 4.35. The zero-order valence-corrected chi connectivity index (χ0v) is 10.5. The molecule has 1 heterocycles. The molecule has 1 atom stereocenters. The molecule has 0 spiro atoms. The van der Waals surface area contributed by atoms with Crippen LogP contribution in [0.15, 0.2) is 16.5 Å². The van der Waals surface area contributed by atoms with Gasteiger partial charge in [-0.1, -0.05) is 26.2 Å². The molecular formula is C13H24N2O. The second kappa shape index (κ2) is 7.47. The molecule has 3 nitrogen and oxygen atoms in total. The van der Waals surface area contributed by atoms with Crippen LogP contribution in [0.2, 0.25) is 0 Å². The van der Waals surface area contributed by atoms with Gasteiger partial charge in [-0.15, -0.1) is 0 Å². The summed E-state index contributed by atoms with van der Waals surface area (Å²) in [5.74, 6) is 1.83. The van der Waals surface area contributed by atoms with E-state index >= 15 is 0 Å². The van der Waals surface area contributed by atoms with Crippen LogP contribution in [0.5, 0.6) is 0 Å². The monoisotopic (exact) mass is 224 g/mol. The fourth-order valence-electron chi connectivity index (χ4n) is 1.70. The molecular weight excluding hydrogens is 200 g/mol. The fraction of sp³-hybridized carbons (Fsp3) is 0.692. The molecule has 0 amide bonds. The van der Waals surface area contributed by atoms with Gasteiger partial charge in [0.2, 0.25) is 0 Å². The van der Waals surface area contributed by atoms with Crippen molar-refractivity contribution >= 4 is 0 Å². The molecule has 1 aromatic heterocycles. The van der Waals surface area contributed by atoms with Crippen molar-refractivity contribution in [1.82, 2.24) is 5.32 Å². The molecule has 0 aromatic carbocycles. The van der Waals surface area contributed by atoms with Gasteiger partial charge >= 0.3 is 0 Å². The minimum atomic E-state index is 0.478. The number of nitrogens with one attached hydrogen (secondary N) is 1. The molecule has 0 radical (unpaired) electrons. The molecule has 0 aliphatic carbocycles. The summed E-state index contributed by atoms with van der Waals surface area (Å²) in [7, 11) is 0. The van der Waals surface area contributed by atoms with Gasteiger partial charge in [0, 0.05) is 6.04 Å². The lowest BCUT2D eigenvalue weighted by molar-refractivity contribution is 0.417. The predicted octanol–water partition coefficient (Wildman–Crippen LogP) is 2.80. The Balaban J connectivity index is 2.18. The first-order valence-corrected chi connectivity index (χ1v) is 6.27. The van der Waals surface area contributed by atoms with Crippen molar-refractivity contribution in [3.8, 4) is 0 Å². The molecule has 16 heavy (non-hydrogen) atoms. The first-order valence-electron chi connectivity index (χ1n) is 6.27. The highest BCUT2D eigenvalue weighted by Gasteiger charge is 2.04. The van der Waals surface area contributed by atoms with Crippen molar-refractivity contribution in [2.24, 2.45) is 5.73 Å². The van der Waals surface area contributed by atoms with Crippen molar-refractivity contribution in [2.45, 2.75) is 58.7 Å². The average molecular weight is 224 g/mol. The number of hydrogen-bond donors (Lipinski definition) is 2. The summed E-state index contributed by atoms with van der Waals surface area (Å²) in [6, 6.07) is 4.49. The Hall–Kier alpha value is -0.800. The molecule has 1 unspecified atom stereocenters. The van der Waals surface area contributed by atoms with Gasteiger partial charge in [-0.25, -0.2) is 0 Å². The van der Waals surface area contributed by atoms with Gasteiger partial charge in [-0.3, -0.25) is 0 Å². The van der Waals surface area contributed by atoms with E-state index in [-0.39, 0.29) is 0 Å². The van der Waals surface area contributed by atoms with Crippen molar-refractivity contribution in [2.75, 3.05) is 0 Å². The average Bonchev–Trinajstić information content (AvgIpc) is 2.74. The third kappa shape index (κ3) is 4.81. The number of hydrogen-bond acceptors (Lipinski definition) is 3. The van der Waals surface area contributed by atoms with E-state index in [1.807, 2.05) is 12.1 Å². The lowest BCUT2D eigenvalue weighted by atomic mass is 10.1. The Bertz CT molecular complexity index is 283. The molecule has 0 fully saturated rings. The minimum absolute atomic E-state index is 0.478. The van der Waals surface area contributed by atoms with Gasteiger partial charge in [0.05, 0.1) is 13.1 Å². The molecule has 0 saturated carbocycles.